The molecule has 152 valence electrons. The van der Waals surface area contributed by atoms with Crippen LogP contribution in [0.2, 0.25) is 0 Å². The van der Waals surface area contributed by atoms with E-state index in [4.69, 9.17) is 10.5 Å². The molecule has 1 aromatic heterocycles. The van der Waals surface area contributed by atoms with Crippen LogP contribution in [0.25, 0.3) is 0 Å². The normalized spacial score (nSPS) is 12.2. The first-order valence-corrected chi connectivity index (χ1v) is 8.60. The van der Waals surface area contributed by atoms with E-state index < -0.39 is 29.8 Å². The Morgan fingerprint density at radius 3 is 2.82 bits per heavy atom. The van der Waals surface area contributed by atoms with Gasteiger partial charge in [0.25, 0.3) is 11.8 Å². The number of rotatable bonds is 9. The van der Waals surface area contributed by atoms with Crippen molar-refractivity contribution in [3.63, 3.8) is 0 Å². The number of ether oxygens (including phenoxy) is 1. The molecule has 0 unspecified atom stereocenters. The van der Waals surface area contributed by atoms with Gasteiger partial charge in [-0.3, -0.25) is 9.79 Å². The summed E-state index contributed by atoms with van der Waals surface area (Å²) in [6.07, 6.45) is 2.10. The molecule has 0 saturated heterocycles. The van der Waals surface area contributed by atoms with E-state index in [-0.39, 0.29) is 23.8 Å². The number of amides is 1. The van der Waals surface area contributed by atoms with Gasteiger partial charge in [-0.1, -0.05) is 6.92 Å². The van der Waals surface area contributed by atoms with Crippen molar-refractivity contribution in [1.82, 2.24) is 9.97 Å². The molecule has 7 nitrogen and oxygen atoms in total. The number of hydrogen-bond donors (Lipinski definition) is 3. The van der Waals surface area contributed by atoms with Crippen LogP contribution < -0.4 is 11.1 Å². The third kappa shape index (κ3) is 5.56. The Labute approximate surface area is 160 Å². The van der Waals surface area contributed by atoms with E-state index in [9.17, 15) is 18.0 Å². The fourth-order valence-corrected chi connectivity index (χ4v) is 2.32. The van der Waals surface area contributed by atoms with Crippen molar-refractivity contribution >= 4 is 17.4 Å². The molecule has 2 rings (SSSR count). The average molecular weight is 397 g/mol. The minimum absolute atomic E-state index is 0.00694. The zero-order valence-corrected chi connectivity index (χ0v) is 15.6. The molecule has 0 saturated carbocycles. The molecule has 0 fully saturated rings. The van der Waals surface area contributed by atoms with Crippen LogP contribution in [0, 0.1) is 12.7 Å². The van der Waals surface area contributed by atoms with Crippen molar-refractivity contribution in [2.45, 2.75) is 26.2 Å². The van der Waals surface area contributed by atoms with E-state index in [0.717, 1.165) is 18.6 Å². The van der Waals surface area contributed by atoms with E-state index in [1.807, 2.05) is 6.92 Å². The molecule has 0 aliphatic carbocycles. The van der Waals surface area contributed by atoms with Gasteiger partial charge in [0.1, 0.15) is 30.6 Å². The van der Waals surface area contributed by atoms with Gasteiger partial charge in [0.15, 0.2) is 0 Å². The van der Waals surface area contributed by atoms with Gasteiger partial charge in [-0.15, -0.1) is 0 Å². The minimum atomic E-state index is -3.63. The fraction of sp³-hybridized carbons (Fsp3) is 0.389. The number of halogens is 3. The summed E-state index contributed by atoms with van der Waals surface area (Å²) in [5.74, 6) is -5.25. The second-order valence-electron chi connectivity index (χ2n) is 6.10. The number of H-pyrrole nitrogens is 1. The zero-order valence-electron chi connectivity index (χ0n) is 15.6. The summed E-state index contributed by atoms with van der Waals surface area (Å²) in [5, 5.41) is 2.42. The predicted molar refractivity (Wildman–Crippen MR) is 99.2 cm³/mol. The van der Waals surface area contributed by atoms with Gasteiger partial charge in [-0.05, 0) is 31.5 Å². The first-order valence-electron chi connectivity index (χ1n) is 8.60. The number of anilines is 1. The van der Waals surface area contributed by atoms with Crippen LogP contribution in [0.1, 0.15) is 35.1 Å². The Kier molecular flexibility index (Phi) is 7.16. The Bertz CT molecular complexity index is 851. The first kappa shape index (κ1) is 21.4. The van der Waals surface area contributed by atoms with E-state index >= 15 is 0 Å². The summed E-state index contributed by atoms with van der Waals surface area (Å²) < 4.78 is 47.7. The number of imidazole rings is 1. The van der Waals surface area contributed by atoms with E-state index in [2.05, 4.69) is 20.3 Å². The SMILES string of the molecule is CCCN=C(N)COCC(F)(F)c1cc(NC(=O)c2nc[nH]c2C)ccc1F. The summed E-state index contributed by atoms with van der Waals surface area (Å²) in [7, 11) is 0. The largest absolute Gasteiger partial charge is 0.386 e. The summed E-state index contributed by atoms with van der Waals surface area (Å²) in [5.41, 5.74) is 5.29. The van der Waals surface area contributed by atoms with Crippen LogP contribution in [0.3, 0.4) is 0 Å². The van der Waals surface area contributed by atoms with Gasteiger partial charge in [-0.25, -0.2) is 9.37 Å². The number of benzene rings is 1. The number of nitrogens with zero attached hydrogens (tertiary/aromatic N) is 2. The van der Waals surface area contributed by atoms with Crippen LogP contribution in [-0.4, -0.2) is 41.5 Å². The van der Waals surface area contributed by atoms with E-state index in [1.54, 1.807) is 6.92 Å². The van der Waals surface area contributed by atoms with E-state index in [1.165, 1.54) is 12.4 Å². The fourth-order valence-electron chi connectivity index (χ4n) is 2.32. The summed E-state index contributed by atoms with van der Waals surface area (Å²) >= 11 is 0. The maximum absolute atomic E-state index is 14.4. The lowest BCUT2D eigenvalue weighted by molar-refractivity contribution is -0.0775. The topological polar surface area (TPSA) is 105 Å². The van der Waals surface area contributed by atoms with Crippen molar-refractivity contribution in [1.29, 1.82) is 0 Å². The highest BCUT2D eigenvalue weighted by Gasteiger charge is 2.35. The molecule has 0 radical (unpaired) electrons. The molecule has 2 aromatic rings. The van der Waals surface area contributed by atoms with Gasteiger partial charge in [-0.2, -0.15) is 8.78 Å². The predicted octanol–water partition coefficient (Wildman–Crippen LogP) is 2.99. The van der Waals surface area contributed by atoms with Crippen molar-refractivity contribution in [2.24, 2.45) is 10.7 Å². The first-order chi connectivity index (χ1) is 13.2. The molecule has 0 aliphatic rings. The van der Waals surface area contributed by atoms with Crippen LogP contribution in [-0.2, 0) is 10.7 Å². The Balaban J connectivity index is 2.08. The second kappa shape index (κ2) is 9.36. The third-order valence-electron chi connectivity index (χ3n) is 3.74. The van der Waals surface area contributed by atoms with Crippen LogP contribution in [0.5, 0.6) is 0 Å². The lowest BCUT2D eigenvalue weighted by Gasteiger charge is -2.18. The molecule has 28 heavy (non-hydrogen) atoms. The summed E-state index contributed by atoms with van der Waals surface area (Å²) in [6.45, 7) is 2.64. The molecular weight excluding hydrogens is 375 g/mol. The maximum atomic E-state index is 14.4. The number of carbonyl (C=O) groups excluding carboxylic acids is 1. The van der Waals surface area contributed by atoms with Crippen molar-refractivity contribution < 1.29 is 22.7 Å². The number of aromatic nitrogens is 2. The van der Waals surface area contributed by atoms with Gasteiger partial charge >= 0.3 is 0 Å². The van der Waals surface area contributed by atoms with Crippen LogP contribution in [0.4, 0.5) is 18.9 Å². The monoisotopic (exact) mass is 397 g/mol. The van der Waals surface area contributed by atoms with Crippen LogP contribution >= 0.6 is 0 Å². The van der Waals surface area contributed by atoms with Crippen molar-refractivity contribution in [3.8, 4) is 0 Å². The number of hydrogen-bond acceptors (Lipinski definition) is 4. The molecule has 1 amide bonds. The maximum Gasteiger partial charge on any atom is 0.298 e. The third-order valence-corrected chi connectivity index (χ3v) is 3.74. The quantitative estimate of drug-likeness (QED) is 0.447. The number of alkyl halides is 2. The zero-order chi connectivity index (χ0) is 20.7. The van der Waals surface area contributed by atoms with Gasteiger partial charge in [0.2, 0.25) is 0 Å². The lowest BCUT2D eigenvalue weighted by atomic mass is 10.1. The highest BCUT2D eigenvalue weighted by Crippen LogP contribution is 2.32. The Hall–Kier alpha value is -2.88. The molecule has 0 spiro atoms. The van der Waals surface area contributed by atoms with Gasteiger partial charge in [0.05, 0.1) is 11.9 Å². The lowest BCUT2D eigenvalue weighted by Crippen LogP contribution is -2.27. The standard InChI is InChI=1S/C18H22F3N5O2/c1-3-6-23-15(22)8-28-9-18(20,21)13-7-12(4-5-14(13)19)26-17(27)16-11(2)24-10-25-16/h4-5,7,10H,3,6,8-9H2,1-2H3,(H2,22,23)(H,24,25)(H,26,27). The molecule has 0 atom stereocenters. The smallest absolute Gasteiger partial charge is 0.298 e. The minimum Gasteiger partial charge on any atom is -0.386 e. The van der Waals surface area contributed by atoms with Crippen LogP contribution in [0.15, 0.2) is 29.5 Å². The molecule has 10 heteroatoms. The van der Waals surface area contributed by atoms with Gasteiger partial charge < -0.3 is 20.8 Å². The number of carbonyl (C=O) groups is 1. The Morgan fingerprint density at radius 2 is 2.18 bits per heavy atom. The molecule has 0 aliphatic heterocycles. The molecule has 1 heterocycles. The highest BCUT2D eigenvalue weighted by atomic mass is 19.3. The highest BCUT2D eigenvalue weighted by molar-refractivity contribution is 6.03. The Morgan fingerprint density at radius 1 is 1.43 bits per heavy atom. The van der Waals surface area contributed by atoms with Crippen molar-refractivity contribution in [3.05, 3.63) is 47.3 Å². The summed E-state index contributed by atoms with van der Waals surface area (Å²) in [4.78, 5) is 22.7. The second-order valence-corrected chi connectivity index (χ2v) is 6.10. The van der Waals surface area contributed by atoms with Crippen molar-refractivity contribution in [2.75, 3.05) is 25.1 Å². The van der Waals surface area contributed by atoms with E-state index in [0.29, 0.717) is 12.2 Å². The average Bonchev–Trinajstić information content (AvgIpc) is 3.07. The number of nitrogens with two attached hydrogens (primary N) is 1. The number of nitrogens with one attached hydrogen (secondary N) is 2. The number of amidine groups is 1. The number of aromatic amines is 1. The number of aliphatic imine (C=N–C) groups is 1. The number of aryl methyl sites for hydroxylation is 1. The molecular formula is C18H22F3N5O2. The molecule has 4 N–H and O–H groups in total. The molecule has 0 bridgehead atoms. The molecule has 1 aromatic carbocycles. The summed E-state index contributed by atoms with van der Waals surface area (Å²) in [6, 6.07) is 2.91. The van der Waals surface area contributed by atoms with Gasteiger partial charge in [0, 0.05) is 17.9 Å².